The summed E-state index contributed by atoms with van der Waals surface area (Å²) in [5.41, 5.74) is 5.82. The molecule has 0 spiro atoms. The van der Waals surface area contributed by atoms with Crippen LogP contribution in [0.5, 0.6) is 0 Å². The first-order valence-electron chi connectivity index (χ1n) is 17.5. The van der Waals surface area contributed by atoms with Crippen LogP contribution in [0.2, 0.25) is 0 Å². The molecule has 10 heteroatoms. The number of anilines is 2. The molecule has 2 saturated heterocycles. The van der Waals surface area contributed by atoms with Crippen molar-refractivity contribution in [3.05, 3.63) is 156 Å². The smallest absolute Gasteiger partial charge is 0.255 e. The molecule has 0 atom stereocenters. The summed E-state index contributed by atoms with van der Waals surface area (Å²) >= 11 is 0. The van der Waals surface area contributed by atoms with Gasteiger partial charge in [0, 0.05) is 59.8 Å². The fourth-order valence-electron chi connectivity index (χ4n) is 6.02. The molecule has 2 amide bonds. The van der Waals surface area contributed by atoms with Gasteiger partial charge in [0.2, 0.25) is 0 Å². The van der Waals surface area contributed by atoms with Crippen LogP contribution in [0.25, 0.3) is 0 Å². The van der Waals surface area contributed by atoms with Crippen LogP contribution in [0.3, 0.4) is 0 Å². The van der Waals surface area contributed by atoms with E-state index in [1.807, 2.05) is 84.9 Å². The average molecular weight is 693 g/mol. The highest BCUT2D eigenvalue weighted by Gasteiger charge is 2.19. The van der Waals surface area contributed by atoms with Crippen LogP contribution < -0.4 is 10.6 Å². The molecule has 0 unspecified atom stereocenters. The Kier molecular flexibility index (Phi) is 11.1. The molecule has 0 saturated carbocycles. The molecule has 2 aliphatic rings. The molecule has 262 valence electrons. The number of nitrogens with one attached hydrogen (secondary N) is 2. The zero-order valence-electron chi connectivity index (χ0n) is 28.8. The largest absolute Gasteiger partial charge is 0.378 e. The molecule has 2 N–H and O–H groups in total. The fourth-order valence-corrected chi connectivity index (χ4v) is 6.02. The van der Waals surface area contributed by atoms with Crippen LogP contribution in [-0.4, -0.2) is 85.9 Å². The van der Waals surface area contributed by atoms with Gasteiger partial charge in [-0.3, -0.25) is 9.59 Å². The number of morpholine rings is 2. The summed E-state index contributed by atoms with van der Waals surface area (Å²) in [5, 5.41) is 5.88. The van der Waals surface area contributed by atoms with E-state index < -0.39 is 0 Å². The summed E-state index contributed by atoms with van der Waals surface area (Å²) in [5.74, 6) is 1.25. The van der Waals surface area contributed by atoms with Crippen molar-refractivity contribution >= 4 is 46.2 Å². The van der Waals surface area contributed by atoms with Crippen LogP contribution in [0.1, 0.15) is 31.8 Å². The lowest BCUT2D eigenvalue weighted by atomic mass is 10.1. The Bertz CT molecular complexity index is 1860. The lowest BCUT2D eigenvalue weighted by Gasteiger charge is -2.30. The Morgan fingerprint density at radius 1 is 0.442 bits per heavy atom. The lowest BCUT2D eigenvalue weighted by molar-refractivity contribution is 0.0682. The minimum atomic E-state index is -0.274. The van der Waals surface area contributed by atoms with Crippen LogP contribution in [0.4, 0.5) is 22.7 Å². The molecule has 0 aromatic heterocycles. The SMILES string of the molecule is O=C(Nc1ccc(N=C(c2ccccc2)N2CCOCC2)cc1)c1ccc(C(=O)Nc2ccc(N=C(c3ccccc3)N3CCOCC3)cc2)cc1. The second-order valence-electron chi connectivity index (χ2n) is 12.4. The summed E-state index contributed by atoms with van der Waals surface area (Å²) < 4.78 is 11.1. The molecule has 0 radical (unpaired) electrons. The van der Waals surface area contributed by atoms with E-state index in [0.29, 0.717) is 48.9 Å². The number of rotatable bonds is 8. The number of ether oxygens (including phenoxy) is 2. The monoisotopic (exact) mass is 692 g/mol. The van der Waals surface area contributed by atoms with Crippen molar-refractivity contribution in [1.82, 2.24) is 9.80 Å². The van der Waals surface area contributed by atoms with Gasteiger partial charge < -0.3 is 29.9 Å². The molecule has 7 rings (SSSR count). The molecule has 5 aromatic rings. The zero-order valence-corrected chi connectivity index (χ0v) is 28.8. The van der Waals surface area contributed by atoms with E-state index in [-0.39, 0.29) is 11.8 Å². The molecule has 2 fully saturated rings. The van der Waals surface area contributed by atoms with Crippen molar-refractivity contribution in [2.24, 2.45) is 9.98 Å². The van der Waals surface area contributed by atoms with Gasteiger partial charge in [-0.25, -0.2) is 9.98 Å². The van der Waals surface area contributed by atoms with Gasteiger partial charge in [0.1, 0.15) is 11.7 Å². The predicted molar refractivity (Wildman–Crippen MR) is 205 cm³/mol. The van der Waals surface area contributed by atoms with E-state index in [1.54, 1.807) is 24.3 Å². The van der Waals surface area contributed by atoms with Gasteiger partial charge in [0.05, 0.1) is 37.8 Å². The molecule has 10 nitrogen and oxygen atoms in total. The number of hydrogen-bond acceptors (Lipinski definition) is 6. The first-order chi connectivity index (χ1) is 25.6. The van der Waals surface area contributed by atoms with Crippen LogP contribution in [0.15, 0.2) is 143 Å². The quantitative estimate of drug-likeness (QED) is 0.134. The number of carbonyl (C=O) groups is 2. The van der Waals surface area contributed by atoms with Gasteiger partial charge in [-0.15, -0.1) is 0 Å². The van der Waals surface area contributed by atoms with Gasteiger partial charge in [-0.05, 0) is 72.8 Å². The second kappa shape index (κ2) is 16.7. The summed E-state index contributed by atoms with van der Waals surface area (Å²) in [4.78, 5) is 40.5. The van der Waals surface area contributed by atoms with E-state index in [9.17, 15) is 9.59 Å². The third kappa shape index (κ3) is 8.79. The summed E-state index contributed by atoms with van der Waals surface area (Å²) in [6, 6.07) is 41.7. The number of nitrogens with zero attached hydrogens (tertiary/aromatic N) is 4. The third-order valence-electron chi connectivity index (χ3n) is 8.81. The van der Waals surface area contributed by atoms with E-state index >= 15 is 0 Å². The molecule has 52 heavy (non-hydrogen) atoms. The third-order valence-corrected chi connectivity index (χ3v) is 8.81. The molecular formula is C42H40N6O4. The second-order valence-corrected chi connectivity index (χ2v) is 12.4. The van der Waals surface area contributed by atoms with Crippen LogP contribution in [-0.2, 0) is 9.47 Å². The van der Waals surface area contributed by atoms with Gasteiger partial charge in [0.25, 0.3) is 11.8 Å². The Labute approximate surface area is 303 Å². The van der Waals surface area contributed by atoms with Crippen molar-refractivity contribution < 1.29 is 19.1 Å². The van der Waals surface area contributed by atoms with Crippen LogP contribution in [0, 0.1) is 0 Å². The number of amides is 2. The molecule has 2 aliphatic heterocycles. The van der Waals surface area contributed by atoms with Crippen molar-refractivity contribution in [2.75, 3.05) is 63.2 Å². The van der Waals surface area contributed by atoms with Gasteiger partial charge in [0.15, 0.2) is 0 Å². The highest BCUT2D eigenvalue weighted by molar-refractivity contribution is 6.07. The number of carbonyl (C=O) groups excluding carboxylic acids is 2. The van der Waals surface area contributed by atoms with Crippen molar-refractivity contribution in [3.63, 3.8) is 0 Å². The van der Waals surface area contributed by atoms with Crippen molar-refractivity contribution in [1.29, 1.82) is 0 Å². The summed E-state index contributed by atoms with van der Waals surface area (Å²) in [6.07, 6.45) is 0. The Morgan fingerprint density at radius 2 is 0.788 bits per heavy atom. The normalized spacial score (nSPS) is 15.2. The van der Waals surface area contributed by atoms with E-state index in [0.717, 1.165) is 60.4 Å². The summed E-state index contributed by atoms with van der Waals surface area (Å²) in [7, 11) is 0. The lowest BCUT2D eigenvalue weighted by Crippen LogP contribution is -2.41. The van der Waals surface area contributed by atoms with Gasteiger partial charge in [-0.2, -0.15) is 0 Å². The highest BCUT2D eigenvalue weighted by Crippen LogP contribution is 2.22. The maximum absolute atomic E-state index is 13.1. The minimum absolute atomic E-state index is 0.274. The molecule has 0 bridgehead atoms. The summed E-state index contributed by atoms with van der Waals surface area (Å²) in [6.45, 7) is 5.76. The van der Waals surface area contributed by atoms with E-state index in [4.69, 9.17) is 19.5 Å². The number of aliphatic imine (C=N–C) groups is 2. The maximum Gasteiger partial charge on any atom is 0.255 e. The standard InChI is InChI=1S/C42H40N6O4/c49-41(45-37-19-15-35(16-20-37)43-39(31-7-3-1-4-8-31)47-23-27-51-28-24-47)33-11-13-34(14-12-33)42(50)46-38-21-17-36(18-22-38)44-40(32-9-5-2-6-10-32)48-25-29-52-30-26-48/h1-22H,23-30H2,(H,45,49)(H,46,50). The minimum Gasteiger partial charge on any atom is -0.378 e. The van der Waals surface area contributed by atoms with Crippen molar-refractivity contribution in [2.45, 2.75) is 0 Å². The highest BCUT2D eigenvalue weighted by atomic mass is 16.5. The number of amidine groups is 2. The Balaban J connectivity index is 0.964. The average Bonchev–Trinajstić information content (AvgIpc) is 3.21. The van der Waals surface area contributed by atoms with E-state index in [2.05, 4.69) is 44.7 Å². The van der Waals surface area contributed by atoms with E-state index in [1.165, 1.54) is 0 Å². The molecule has 0 aliphatic carbocycles. The van der Waals surface area contributed by atoms with Gasteiger partial charge in [-0.1, -0.05) is 60.7 Å². The predicted octanol–water partition coefficient (Wildman–Crippen LogP) is 7.01. The Morgan fingerprint density at radius 3 is 1.13 bits per heavy atom. The topological polar surface area (TPSA) is 108 Å². The molecular weight excluding hydrogens is 652 g/mol. The number of hydrogen-bond donors (Lipinski definition) is 2. The zero-order chi connectivity index (χ0) is 35.5. The van der Waals surface area contributed by atoms with Crippen LogP contribution >= 0.6 is 0 Å². The maximum atomic E-state index is 13.1. The molecule has 5 aromatic carbocycles. The number of benzene rings is 5. The first-order valence-corrected chi connectivity index (χ1v) is 17.5. The van der Waals surface area contributed by atoms with Crippen molar-refractivity contribution in [3.8, 4) is 0 Å². The fraction of sp³-hybridized carbons (Fsp3) is 0.190. The first kappa shape index (κ1) is 34.4. The van der Waals surface area contributed by atoms with Gasteiger partial charge >= 0.3 is 0 Å². The Hall–Kier alpha value is -6.10. The molecule has 2 heterocycles.